The molecule has 0 atom stereocenters. The number of ether oxygens (including phenoxy) is 2. The molecule has 0 radical (unpaired) electrons. The highest BCUT2D eigenvalue weighted by molar-refractivity contribution is 14.1. The summed E-state index contributed by atoms with van der Waals surface area (Å²) in [5.74, 6) is 0.473. The number of phenolic OH excluding ortho intramolecular Hbond substituents is 1. The van der Waals surface area contributed by atoms with Gasteiger partial charge in [0.2, 0.25) is 0 Å². The van der Waals surface area contributed by atoms with E-state index in [4.69, 9.17) is 9.47 Å². The van der Waals surface area contributed by atoms with E-state index >= 15 is 0 Å². The van der Waals surface area contributed by atoms with Crippen molar-refractivity contribution >= 4 is 46.3 Å². The average molecular weight is 478 g/mol. The van der Waals surface area contributed by atoms with E-state index in [0.29, 0.717) is 11.3 Å². The zero-order chi connectivity index (χ0) is 19.8. The summed E-state index contributed by atoms with van der Waals surface area (Å²) in [6.07, 6.45) is 5.74. The molecular weight excluding hydrogens is 459 g/mol. The number of carbonyl (C=O) groups is 2. The summed E-state index contributed by atoms with van der Waals surface area (Å²) in [6.45, 7) is 0. The molecule has 0 fully saturated rings. The van der Waals surface area contributed by atoms with Gasteiger partial charge in [-0.25, -0.2) is 0 Å². The second kappa shape index (κ2) is 9.91. The van der Waals surface area contributed by atoms with Crippen LogP contribution in [0.15, 0.2) is 48.6 Å². The number of hydrogen-bond acceptors (Lipinski definition) is 5. The standard InChI is InChI=1S/C21H19IO5/c1-26-20-11-14(5-9-18(20)22)3-7-16(23)13-17(24)8-4-15-6-10-19(25)21(12-15)27-2/h3-12,25H,13H2,1-2H3/b7-3+,8-4+. The van der Waals surface area contributed by atoms with E-state index in [0.717, 1.165) is 14.9 Å². The highest BCUT2D eigenvalue weighted by Crippen LogP contribution is 2.26. The van der Waals surface area contributed by atoms with Crippen LogP contribution in [0.2, 0.25) is 0 Å². The van der Waals surface area contributed by atoms with Crippen molar-refractivity contribution in [3.8, 4) is 17.2 Å². The fourth-order valence-corrected chi connectivity index (χ4v) is 2.80. The summed E-state index contributed by atoms with van der Waals surface area (Å²) in [6, 6.07) is 10.3. The van der Waals surface area contributed by atoms with Crippen molar-refractivity contribution in [2.24, 2.45) is 0 Å². The molecule has 0 bridgehead atoms. The first-order valence-corrected chi connectivity index (χ1v) is 9.13. The van der Waals surface area contributed by atoms with E-state index in [9.17, 15) is 14.7 Å². The molecule has 0 aliphatic carbocycles. The second-order valence-corrected chi connectivity index (χ2v) is 6.76. The van der Waals surface area contributed by atoms with E-state index in [-0.39, 0.29) is 23.7 Å². The van der Waals surface area contributed by atoms with Gasteiger partial charge in [-0.3, -0.25) is 9.59 Å². The normalized spacial score (nSPS) is 11.1. The minimum atomic E-state index is -0.308. The van der Waals surface area contributed by atoms with Crippen molar-refractivity contribution in [2.45, 2.75) is 6.42 Å². The quantitative estimate of drug-likeness (QED) is 0.349. The maximum atomic E-state index is 12.0. The van der Waals surface area contributed by atoms with Crippen LogP contribution in [-0.4, -0.2) is 30.9 Å². The van der Waals surface area contributed by atoms with E-state index in [1.807, 2.05) is 18.2 Å². The third kappa shape index (κ3) is 6.25. The van der Waals surface area contributed by atoms with Crippen molar-refractivity contribution in [2.75, 3.05) is 14.2 Å². The van der Waals surface area contributed by atoms with Gasteiger partial charge in [0.15, 0.2) is 23.1 Å². The van der Waals surface area contributed by atoms with Gasteiger partial charge >= 0.3 is 0 Å². The minimum absolute atomic E-state index is 0.0218. The van der Waals surface area contributed by atoms with Crippen LogP contribution in [0, 0.1) is 3.57 Å². The molecule has 27 heavy (non-hydrogen) atoms. The highest BCUT2D eigenvalue weighted by Gasteiger charge is 2.05. The molecule has 2 rings (SSSR count). The van der Waals surface area contributed by atoms with Crippen LogP contribution in [0.3, 0.4) is 0 Å². The summed E-state index contributed by atoms with van der Waals surface area (Å²) < 4.78 is 11.2. The monoisotopic (exact) mass is 478 g/mol. The first-order valence-electron chi connectivity index (χ1n) is 8.05. The van der Waals surface area contributed by atoms with Crippen molar-refractivity contribution < 1.29 is 24.2 Å². The molecule has 0 saturated heterocycles. The summed E-state index contributed by atoms with van der Waals surface area (Å²) in [5.41, 5.74) is 1.51. The number of allylic oxidation sites excluding steroid dienone is 2. The van der Waals surface area contributed by atoms with Crippen LogP contribution in [0.5, 0.6) is 17.2 Å². The van der Waals surface area contributed by atoms with Gasteiger partial charge in [-0.2, -0.15) is 0 Å². The fourth-order valence-electron chi connectivity index (χ4n) is 2.25. The third-order valence-corrected chi connectivity index (χ3v) is 4.54. The number of rotatable bonds is 8. The molecular formula is C21H19IO5. The number of benzene rings is 2. The number of phenols is 1. The van der Waals surface area contributed by atoms with Crippen LogP contribution in [0.25, 0.3) is 12.2 Å². The Labute approximate surface area is 171 Å². The predicted octanol–water partition coefficient (Wildman–Crippen LogP) is 4.27. The van der Waals surface area contributed by atoms with Gasteiger partial charge in [-0.05, 0) is 70.1 Å². The molecule has 6 heteroatoms. The van der Waals surface area contributed by atoms with Crippen molar-refractivity contribution in [3.63, 3.8) is 0 Å². The van der Waals surface area contributed by atoms with Gasteiger partial charge in [0.1, 0.15) is 5.75 Å². The molecule has 0 unspecified atom stereocenters. The van der Waals surface area contributed by atoms with Crippen molar-refractivity contribution in [3.05, 3.63) is 63.2 Å². The van der Waals surface area contributed by atoms with Crippen molar-refractivity contribution in [1.29, 1.82) is 0 Å². The average Bonchev–Trinajstić information content (AvgIpc) is 2.66. The molecule has 0 spiro atoms. The summed E-state index contributed by atoms with van der Waals surface area (Å²) in [7, 11) is 3.03. The smallest absolute Gasteiger partial charge is 0.163 e. The summed E-state index contributed by atoms with van der Waals surface area (Å²) in [5, 5.41) is 9.56. The van der Waals surface area contributed by atoms with Crippen LogP contribution >= 0.6 is 22.6 Å². The Balaban J connectivity index is 1.96. The lowest BCUT2D eigenvalue weighted by molar-refractivity contribution is -0.121. The second-order valence-electron chi connectivity index (χ2n) is 5.60. The topological polar surface area (TPSA) is 72.8 Å². The Kier molecular flexibility index (Phi) is 7.60. The van der Waals surface area contributed by atoms with Crippen LogP contribution < -0.4 is 9.47 Å². The Morgan fingerprint density at radius 1 is 0.926 bits per heavy atom. The molecule has 2 aromatic rings. The first-order chi connectivity index (χ1) is 12.9. The van der Waals surface area contributed by atoms with Gasteiger partial charge in [0.05, 0.1) is 24.2 Å². The van der Waals surface area contributed by atoms with Gasteiger partial charge in [0.25, 0.3) is 0 Å². The molecule has 0 heterocycles. The lowest BCUT2D eigenvalue weighted by Crippen LogP contribution is -2.01. The number of methoxy groups -OCH3 is 2. The Bertz CT molecular complexity index is 826. The number of ketones is 2. The number of halogens is 1. The summed E-state index contributed by atoms with van der Waals surface area (Å²) >= 11 is 2.16. The largest absolute Gasteiger partial charge is 0.504 e. The highest BCUT2D eigenvalue weighted by atomic mass is 127. The molecule has 2 aromatic carbocycles. The van der Waals surface area contributed by atoms with Gasteiger partial charge < -0.3 is 14.6 Å². The van der Waals surface area contributed by atoms with E-state index < -0.39 is 0 Å². The lowest BCUT2D eigenvalue weighted by atomic mass is 10.1. The van der Waals surface area contributed by atoms with Crippen LogP contribution in [-0.2, 0) is 9.59 Å². The molecule has 0 aromatic heterocycles. The lowest BCUT2D eigenvalue weighted by Gasteiger charge is -2.03. The minimum Gasteiger partial charge on any atom is -0.504 e. The molecule has 0 aliphatic rings. The maximum Gasteiger partial charge on any atom is 0.163 e. The fraction of sp³-hybridized carbons (Fsp3) is 0.143. The molecule has 0 aliphatic heterocycles. The van der Waals surface area contributed by atoms with Gasteiger partial charge in [-0.15, -0.1) is 0 Å². The van der Waals surface area contributed by atoms with E-state index in [1.54, 1.807) is 31.4 Å². The third-order valence-electron chi connectivity index (χ3n) is 3.65. The summed E-state index contributed by atoms with van der Waals surface area (Å²) in [4.78, 5) is 23.9. The molecule has 0 saturated carbocycles. The maximum absolute atomic E-state index is 12.0. The zero-order valence-corrected chi connectivity index (χ0v) is 17.1. The van der Waals surface area contributed by atoms with Crippen LogP contribution in [0.4, 0.5) is 0 Å². The Morgan fingerprint density at radius 2 is 1.44 bits per heavy atom. The number of hydrogen-bond donors (Lipinski definition) is 1. The van der Waals surface area contributed by atoms with Gasteiger partial charge in [-0.1, -0.05) is 24.3 Å². The zero-order valence-electron chi connectivity index (χ0n) is 14.9. The number of carbonyl (C=O) groups excluding carboxylic acids is 2. The Hall–Kier alpha value is -2.61. The predicted molar refractivity (Wildman–Crippen MR) is 113 cm³/mol. The number of aromatic hydroxyl groups is 1. The Morgan fingerprint density at radius 3 is 2.00 bits per heavy atom. The van der Waals surface area contributed by atoms with E-state index in [1.165, 1.54) is 25.3 Å². The first kappa shape index (κ1) is 20.7. The van der Waals surface area contributed by atoms with Crippen molar-refractivity contribution in [1.82, 2.24) is 0 Å². The van der Waals surface area contributed by atoms with Crippen LogP contribution in [0.1, 0.15) is 17.5 Å². The molecule has 0 amide bonds. The van der Waals surface area contributed by atoms with Gasteiger partial charge in [0, 0.05) is 0 Å². The molecule has 140 valence electrons. The molecule has 1 N–H and O–H groups in total. The SMILES string of the molecule is COc1cc(/C=C/C(=O)CC(=O)/C=C/c2ccc(I)c(OC)c2)ccc1O. The molecule has 5 nitrogen and oxygen atoms in total. The van der Waals surface area contributed by atoms with E-state index in [2.05, 4.69) is 22.6 Å².